The minimum Gasteiger partial charge on any atom is -0.346 e. The van der Waals surface area contributed by atoms with Crippen LogP contribution in [0.4, 0.5) is 0 Å². The molecule has 4 rings (SSSR count). The lowest BCUT2D eigenvalue weighted by Crippen LogP contribution is -2.30. The molecule has 5 heteroatoms. The van der Waals surface area contributed by atoms with Gasteiger partial charge in [-0.25, -0.2) is 4.98 Å². The summed E-state index contributed by atoms with van der Waals surface area (Å²) < 4.78 is 2.15. The van der Waals surface area contributed by atoms with Crippen molar-refractivity contribution in [3.8, 4) is 0 Å². The normalized spacial score (nSPS) is 12.3. The molecule has 0 fully saturated rings. The number of benzene rings is 3. The number of amides is 1. The van der Waals surface area contributed by atoms with Crippen LogP contribution in [0.25, 0.3) is 17.1 Å². The molecule has 1 unspecified atom stereocenters. The van der Waals surface area contributed by atoms with E-state index in [9.17, 15) is 4.79 Å². The first-order valence-corrected chi connectivity index (χ1v) is 10.7. The first-order valence-electron chi connectivity index (χ1n) is 10.3. The van der Waals surface area contributed by atoms with Crippen molar-refractivity contribution in [2.75, 3.05) is 0 Å². The highest BCUT2D eigenvalue weighted by Gasteiger charge is 2.18. The van der Waals surface area contributed by atoms with E-state index in [1.54, 1.807) is 12.1 Å². The zero-order valence-corrected chi connectivity index (χ0v) is 18.1. The number of carbonyl (C=O) groups is 1. The Morgan fingerprint density at radius 1 is 1.03 bits per heavy atom. The van der Waals surface area contributed by atoms with Gasteiger partial charge in [0.2, 0.25) is 5.91 Å². The summed E-state index contributed by atoms with van der Waals surface area (Å²) in [4.78, 5) is 17.4. The summed E-state index contributed by atoms with van der Waals surface area (Å²) in [5.41, 5.74) is 4.05. The highest BCUT2D eigenvalue weighted by Crippen LogP contribution is 2.21. The van der Waals surface area contributed by atoms with Crippen LogP contribution in [0.3, 0.4) is 0 Å². The van der Waals surface area contributed by atoms with E-state index in [0.29, 0.717) is 18.0 Å². The molecule has 0 spiro atoms. The number of imidazole rings is 1. The van der Waals surface area contributed by atoms with Crippen LogP contribution in [0.15, 0.2) is 84.9 Å². The summed E-state index contributed by atoms with van der Waals surface area (Å²) in [6.07, 6.45) is 4.52. The first-order chi connectivity index (χ1) is 15.1. The van der Waals surface area contributed by atoms with Gasteiger partial charge in [0.15, 0.2) is 0 Å². The number of hydrogen-bond donors (Lipinski definition) is 1. The maximum Gasteiger partial charge on any atom is 0.224 e. The molecule has 3 aromatic carbocycles. The monoisotopic (exact) mass is 429 g/mol. The van der Waals surface area contributed by atoms with Crippen LogP contribution >= 0.6 is 11.6 Å². The van der Waals surface area contributed by atoms with Crippen molar-refractivity contribution in [1.82, 2.24) is 14.9 Å². The van der Waals surface area contributed by atoms with Crippen LogP contribution in [-0.2, 0) is 17.8 Å². The quantitative estimate of drug-likeness (QED) is 0.402. The van der Waals surface area contributed by atoms with E-state index in [2.05, 4.69) is 40.2 Å². The second kappa shape index (κ2) is 9.63. The largest absolute Gasteiger partial charge is 0.346 e. The average molecular weight is 430 g/mol. The summed E-state index contributed by atoms with van der Waals surface area (Å²) in [7, 11) is 0. The zero-order chi connectivity index (χ0) is 21.6. The molecule has 1 amide bonds. The van der Waals surface area contributed by atoms with Crippen molar-refractivity contribution < 1.29 is 4.79 Å². The van der Waals surface area contributed by atoms with Gasteiger partial charge >= 0.3 is 0 Å². The maximum atomic E-state index is 12.6. The maximum absolute atomic E-state index is 12.6. The number of allylic oxidation sites excluding steroid dienone is 1. The molecule has 0 saturated heterocycles. The minimum absolute atomic E-state index is 0.0479. The summed E-state index contributed by atoms with van der Waals surface area (Å²) in [6, 6.07) is 25.4. The zero-order valence-electron chi connectivity index (χ0n) is 17.3. The van der Waals surface area contributed by atoms with E-state index >= 15 is 0 Å². The molecule has 156 valence electrons. The molecule has 0 radical (unpaired) electrons. The Hall–Kier alpha value is -3.37. The smallest absolute Gasteiger partial charge is 0.224 e. The van der Waals surface area contributed by atoms with Crippen LogP contribution in [-0.4, -0.2) is 15.5 Å². The molecule has 4 nitrogen and oxygen atoms in total. The van der Waals surface area contributed by atoms with Gasteiger partial charge in [0.05, 0.1) is 23.5 Å². The third kappa shape index (κ3) is 5.22. The average Bonchev–Trinajstić information content (AvgIpc) is 3.15. The van der Waals surface area contributed by atoms with Gasteiger partial charge in [-0.1, -0.05) is 78.4 Å². The van der Waals surface area contributed by atoms with Gasteiger partial charge in [0, 0.05) is 11.6 Å². The lowest BCUT2D eigenvalue weighted by Gasteiger charge is -2.15. The Balaban J connectivity index is 1.53. The fourth-order valence-corrected chi connectivity index (χ4v) is 3.75. The molecule has 31 heavy (non-hydrogen) atoms. The van der Waals surface area contributed by atoms with E-state index in [4.69, 9.17) is 16.6 Å². The molecular formula is C26H24ClN3O. The number of aromatic nitrogens is 2. The number of fused-ring (bicyclic) bond motifs is 1. The van der Waals surface area contributed by atoms with Gasteiger partial charge in [-0.3, -0.25) is 4.79 Å². The fraction of sp³-hybridized carbons (Fsp3) is 0.154. The Kier molecular flexibility index (Phi) is 6.48. The second-order valence-corrected chi connectivity index (χ2v) is 7.91. The summed E-state index contributed by atoms with van der Waals surface area (Å²) in [5, 5.41) is 3.75. The van der Waals surface area contributed by atoms with Gasteiger partial charge in [-0.2, -0.15) is 0 Å². The molecule has 1 atom stereocenters. The number of para-hydroxylation sites is 2. The van der Waals surface area contributed by atoms with Crippen molar-refractivity contribution in [3.63, 3.8) is 0 Å². The Morgan fingerprint density at radius 3 is 2.52 bits per heavy atom. The molecule has 0 saturated carbocycles. The summed E-state index contributed by atoms with van der Waals surface area (Å²) >= 11 is 5.93. The van der Waals surface area contributed by atoms with Crippen molar-refractivity contribution in [1.29, 1.82) is 0 Å². The molecule has 1 heterocycles. The van der Waals surface area contributed by atoms with Crippen molar-refractivity contribution in [2.24, 2.45) is 0 Å². The van der Waals surface area contributed by atoms with Gasteiger partial charge < -0.3 is 9.88 Å². The van der Waals surface area contributed by atoms with E-state index in [0.717, 1.165) is 28.0 Å². The van der Waals surface area contributed by atoms with E-state index in [-0.39, 0.29) is 11.9 Å². The SMILES string of the molecule is CC(NC(=O)Cc1ccc(Cl)cc1)c1nc2ccccc2n1C/C=C/c1ccccc1. The van der Waals surface area contributed by atoms with Crippen LogP contribution < -0.4 is 5.32 Å². The fourth-order valence-electron chi connectivity index (χ4n) is 3.62. The highest BCUT2D eigenvalue weighted by atomic mass is 35.5. The Labute approximate surface area is 187 Å². The van der Waals surface area contributed by atoms with Gasteiger partial charge in [0.25, 0.3) is 0 Å². The van der Waals surface area contributed by atoms with Crippen LogP contribution in [0.5, 0.6) is 0 Å². The van der Waals surface area contributed by atoms with Crippen molar-refractivity contribution >= 4 is 34.6 Å². The number of nitrogens with zero attached hydrogens (tertiary/aromatic N) is 2. The molecule has 4 aromatic rings. The highest BCUT2D eigenvalue weighted by molar-refractivity contribution is 6.30. The molecular weight excluding hydrogens is 406 g/mol. The predicted molar refractivity (Wildman–Crippen MR) is 127 cm³/mol. The number of nitrogens with one attached hydrogen (secondary N) is 1. The van der Waals surface area contributed by atoms with E-state index in [1.165, 1.54) is 0 Å². The Morgan fingerprint density at radius 2 is 1.74 bits per heavy atom. The third-order valence-electron chi connectivity index (χ3n) is 5.12. The van der Waals surface area contributed by atoms with Crippen LogP contribution in [0.1, 0.15) is 29.9 Å². The minimum atomic E-state index is -0.225. The molecule has 0 aliphatic carbocycles. The van der Waals surface area contributed by atoms with Crippen LogP contribution in [0, 0.1) is 0 Å². The summed E-state index contributed by atoms with van der Waals surface area (Å²) in [5.74, 6) is 0.789. The van der Waals surface area contributed by atoms with Crippen molar-refractivity contribution in [3.05, 3.63) is 107 Å². The number of halogens is 1. The number of carbonyl (C=O) groups excluding carboxylic acids is 1. The van der Waals surface area contributed by atoms with E-state index < -0.39 is 0 Å². The molecule has 1 aromatic heterocycles. The Bertz CT molecular complexity index is 1200. The van der Waals surface area contributed by atoms with E-state index in [1.807, 2.05) is 55.5 Å². The molecule has 0 aliphatic rings. The lowest BCUT2D eigenvalue weighted by molar-refractivity contribution is -0.121. The van der Waals surface area contributed by atoms with Crippen molar-refractivity contribution in [2.45, 2.75) is 25.9 Å². The molecule has 0 bridgehead atoms. The van der Waals surface area contributed by atoms with Gasteiger partial charge in [-0.05, 0) is 42.3 Å². The second-order valence-electron chi connectivity index (χ2n) is 7.47. The van der Waals surface area contributed by atoms with Crippen LogP contribution in [0.2, 0.25) is 5.02 Å². The molecule has 0 aliphatic heterocycles. The molecule has 1 N–H and O–H groups in total. The summed E-state index contributed by atoms with van der Waals surface area (Å²) in [6.45, 7) is 2.64. The first kappa shape index (κ1) is 20.9. The third-order valence-corrected chi connectivity index (χ3v) is 5.38. The predicted octanol–water partition coefficient (Wildman–Crippen LogP) is 5.82. The number of rotatable bonds is 7. The topological polar surface area (TPSA) is 46.9 Å². The van der Waals surface area contributed by atoms with Gasteiger partial charge in [-0.15, -0.1) is 0 Å². The number of hydrogen-bond acceptors (Lipinski definition) is 2. The van der Waals surface area contributed by atoms with Gasteiger partial charge in [0.1, 0.15) is 5.82 Å². The standard InChI is InChI=1S/C26H24ClN3O/c1-19(28-25(31)18-21-13-15-22(27)16-14-21)26-29-23-11-5-6-12-24(23)30(26)17-7-10-20-8-3-2-4-9-20/h2-16,19H,17-18H2,1H3,(H,28,31)/b10-7+. The lowest BCUT2D eigenvalue weighted by atomic mass is 10.1.